The summed E-state index contributed by atoms with van der Waals surface area (Å²) in [5.41, 5.74) is 0. The lowest BCUT2D eigenvalue weighted by Gasteiger charge is -2.34. The van der Waals surface area contributed by atoms with Crippen molar-refractivity contribution in [1.29, 1.82) is 0 Å². The van der Waals surface area contributed by atoms with Crippen LogP contribution in [-0.4, -0.2) is 46.2 Å². The Kier molecular flexibility index (Phi) is 9.44. The largest absolute Gasteiger partial charge is 0.395 e. The molecular weight excluding hydrogens is 254 g/mol. The zero-order valence-corrected chi connectivity index (χ0v) is 12.9. The molecule has 0 aromatic carbocycles. The molecule has 0 aliphatic carbocycles. The van der Waals surface area contributed by atoms with Crippen LogP contribution in [0, 0.1) is 0 Å². The molecule has 0 saturated carbocycles. The summed E-state index contributed by atoms with van der Waals surface area (Å²) in [6.07, 6.45) is 10.3. The van der Waals surface area contributed by atoms with E-state index >= 15 is 0 Å². The molecule has 0 bridgehead atoms. The number of aliphatic hydroxyl groups is 3. The van der Waals surface area contributed by atoms with Crippen molar-refractivity contribution in [3.63, 3.8) is 0 Å². The smallest absolute Gasteiger partial charge is 0.0716 e. The van der Waals surface area contributed by atoms with Gasteiger partial charge in [-0.2, -0.15) is 0 Å². The highest BCUT2D eigenvalue weighted by molar-refractivity contribution is 4.86. The Bertz CT molecular complexity index is 238. The van der Waals surface area contributed by atoms with Crippen LogP contribution in [0.2, 0.25) is 0 Å². The standard InChI is InChI=1S/C16H33NO3/c1-2-14(19)9-7-5-3-4-6-8-13-10-11-16(20)15(12-18)17-13/h13-20H,2-12H2,1H3/t13-,14?,15-,16-/m1/s1. The Morgan fingerprint density at radius 3 is 2.50 bits per heavy atom. The first-order valence-electron chi connectivity index (χ1n) is 8.40. The van der Waals surface area contributed by atoms with Crippen LogP contribution < -0.4 is 5.32 Å². The predicted molar refractivity (Wildman–Crippen MR) is 81.7 cm³/mol. The van der Waals surface area contributed by atoms with Gasteiger partial charge >= 0.3 is 0 Å². The Morgan fingerprint density at radius 2 is 1.80 bits per heavy atom. The van der Waals surface area contributed by atoms with Crippen LogP contribution in [0.4, 0.5) is 0 Å². The fraction of sp³-hybridized carbons (Fsp3) is 1.00. The second-order valence-electron chi connectivity index (χ2n) is 6.20. The number of unbranched alkanes of at least 4 members (excludes halogenated alkanes) is 4. The molecule has 4 N–H and O–H groups in total. The molecule has 0 spiro atoms. The monoisotopic (exact) mass is 287 g/mol. The van der Waals surface area contributed by atoms with Crippen molar-refractivity contribution in [3.8, 4) is 0 Å². The fourth-order valence-corrected chi connectivity index (χ4v) is 2.98. The predicted octanol–water partition coefficient (Wildman–Crippen LogP) is 1.96. The minimum absolute atomic E-state index is 0.0252. The van der Waals surface area contributed by atoms with E-state index < -0.39 is 0 Å². The second-order valence-corrected chi connectivity index (χ2v) is 6.20. The highest BCUT2D eigenvalue weighted by atomic mass is 16.3. The third-order valence-electron chi connectivity index (χ3n) is 4.48. The van der Waals surface area contributed by atoms with E-state index in [4.69, 9.17) is 0 Å². The number of hydrogen-bond acceptors (Lipinski definition) is 4. The van der Waals surface area contributed by atoms with Crippen molar-refractivity contribution in [1.82, 2.24) is 5.32 Å². The van der Waals surface area contributed by atoms with Crippen LogP contribution in [0.15, 0.2) is 0 Å². The van der Waals surface area contributed by atoms with Crippen LogP contribution in [0.5, 0.6) is 0 Å². The molecule has 120 valence electrons. The Labute approximate surface area is 123 Å². The van der Waals surface area contributed by atoms with E-state index in [1.165, 1.54) is 25.7 Å². The first kappa shape index (κ1) is 17.9. The Morgan fingerprint density at radius 1 is 1.10 bits per heavy atom. The topological polar surface area (TPSA) is 72.7 Å². The molecule has 1 unspecified atom stereocenters. The van der Waals surface area contributed by atoms with Crippen molar-refractivity contribution in [2.24, 2.45) is 0 Å². The van der Waals surface area contributed by atoms with Gasteiger partial charge in [0.1, 0.15) is 0 Å². The molecule has 4 atom stereocenters. The van der Waals surface area contributed by atoms with E-state index in [1.807, 2.05) is 6.92 Å². The average molecular weight is 287 g/mol. The van der Waals surface area contributed by atoms with Gasteiger partial charge in [0.05, 0.1) is 24.9 Å². The molecule has 1 saturated heterocycles. The zero-order chi connectivity index (χ0) is 14.8. The fourth-order valence-electron chi connectivity index (χ4n) is 2.98. The molecule has 0 aromatic rings. The van der Waals surface area contributed by atoms with Gasteiger partial charge in [0.2, 0.25) is 0 Å². The van der Waals surface area contributed by atoms with Crippen molar-refractivity contribution in [3.05, 3.63) is 0 Å². The third kappa shape index (κ3) is 7.02. The Hall–Kier alpha value is -0.160. The third-order valence-corrected chi connectivity index (χ3v) is 4.48. The van der Waals surface area contributed by atoms with Gasteiger partial charge in [-0.05, 0) is 32.1 Å². The summed E-state index contributed by atoms with van der Waals surface area (Å²) in [5.74, 6) is 0. The van der Waals surface area contributed by atoms with E-state index in [1.54, 1.807) is 0 Å². The molecule has 20 heavy (non-hydrogen) atoms. The number of aliphatic hydroxyl groups excluding tert-OH is 3. The van der Waals surface area contributed by atoms with Gasteiger partial charge in [0.25, 0.3) is 0 Å². The minimum atomic E-state index is -0.388. The summed E-state index contributed by atoms with van der Waals surface area (Å²) in [7, 11) is 0. The van der Waals surface area contributed by atoms with Gasteiger partial charge in [0.15, 0.2) is 0 Å². The number of nitrogens with one attached hydrogen (secondary N) is 1. The van der Waals surface area contributed by atoms with E-state index in [0.717, 1.165) is 38.5 Å². The maximum Gasteiger partial charge on any atom is 0.0716 e. The van der Waals surface area contributed by atoms with E-state index in [2.05, 4.69) is 5.32 Å². The normalized spacial score (nSPS) is 28.5. The van der Waals surface area contributed by atoms with E-state index in [0.29, 0.717) is 6.04 Å². The summed E-state index contributed by atoms with van der Waals surface area (Å²) in [6, 6.07) is 0.321. The van der Waals surface area contributed by atoms with E-state index in [-0.39, 0.29) is 24.9 Å². The average Bonchev–Trinajstić information content (AvgIpc) is 2.47. The highest BCUT2D eigenvalue weighted by Gasteiger charge is 2.27. The Balaban J connectivity index is 1.96. The molecular formula is C16H33NO3. The maximum absolute atomic E-state index is 9.68. The molecule has 0 radical (unpaired) electrons. The number of hydrogen-bond donors (Lipinski definition) is 4. The van der Waals surface area contributed by atoms with Crippen molar-refractivity contribution in [2.75, 3.05) is 6.61 Å². The molecule has 4 heteroatoms. The first-order valence-corrected chi connectivity index (χ1v) is 8.40. The molecule has 1 aliphatic heterocycles. The van der Waals surface area contributed by atoms with Crippen LogP contribution in [0.1, 0.15) is 71.1 Å². The van der Waals surface area contributed by atoms with Crippen LogP contribution in [-0.2, 0) is 0 Å². The summed E-state index contributed by atoms with van der Waals surface area (Å²) in [5, 5.41) is 31.6. The van der Waals surface area contributed by atoms with E-state index in [9.17, 15) is 15.3 Å². The van der Waals surface area contributed by atoms with Gasteiger partial charge < -0.3 is 20.6 Å². The SMILES string of the molecule is CCC(O)CCCCCCC[C@@H]1CC[C@@H](O)[C@@H](CO)N1. The molecule has 1 aliphatic rings. The molecule has 0 amide bonds. The van der Waals surface area contributed by atoms with Crippen LogP contribution in [0.3, 0.4) is 0 Å². The van der Waals surface area contributed by atoms with Gasteiger partial charge in [-0.25, -0.2) is 0 Å². The number of rotatable bonds is 10. The molecule has 4 nitrogen and oxygen atoms in total. The number of piperidine rings is 1. The summed E-state index contributed by atoms with van der Waals surface area (Å²) in [4.78, 5) is 0. The molecule has 1 fully saturated rings. The van der Waals surface area contributed by atoms with Crippen molar-refractivity contribution >= 4 is 0 Å². The molecule has 1 heterocycles. The first-order chi connectivity index (χ1) is 9.67. The van der Waals surface area contributed by atoms with Crippen LogP contribution >= 0.6 is 0 Å². The quantitative estimate of drug-likeness (QED) is 0.464. The second kappa shape index (κ2) is 10.6. The minimum Gasteiger partial charge on any atom is -0.395 e. The highest BCUT2D eigenvalue weighted by Crippen LogP contribution is 2.18. The van der Waals surface area contributed by atoms with Gasteiger partial charge in [-0.3, -0.25) is 0 Å². The summed E-state index contributed by atoms with van der Waals surface area (Å²) in [6.45, 7) is 2.05. The summed E-state index contributed by atoms with van der Waals surface area (Å²) >= 11 is 0. The summed E-state index contributed by atoms with van der Waals surface area (Å²) < 4.78 is 0. The van der Waals surface area contributed by atoms with Crippen LogP contribution in [0.25, 0.3) is 0 Å². The van der Waals surface area contributed by atoms with Crippen molar-refractivity contribution in [2.45, 2.75) is 95.4 Å². The lowest BCUT2D eigenvalue weighted by Crippen LogP contribution is -2.52. The molecule has 0 aromatic heterocycles. The maximum atomic E-state index is 9.68. The van der Waals surface area contributed by atoms with Crippen molar-refractivity contribution < 1.29 is 15.3 Å². The van der Waals surface area contributed by atoms with Gasteiger partial charge in [-0.15, -0.1) is 0 Å². The van der Waals surface area contributed by atoms with Gasteiger partial charge in [0, 0.05) is 6.04 Å². The lowest BCUT2D eigenvalue weighted by molar-refractivity contribution is 0.0482. The van der Waals surface area contributed by atoms with Gasteiger partial charge in [-0.1, -0.05) is 39.0 Å². The molecule has 1 rings (SSSR count). The lowest BCUT2D eigenvalue weighted by atomic mass is 9.93. The zero-order valence-electron chi connectivity index (χ0n) is 12.9.